The van der Waals surface area contributed by atoms with Gasteiger partial charge in [0.15, 0.2) is 11.2 Å². The molecular weight excluding hydrogens is 284 g/mol. The molecule has 22 heavy (non-hydrogen) atoms. The molecule has 8 nitrogen and oxygen atoms in total. The van der Waals surface area contributed by atoms with Crippen LogP contribution in [0.2, 0.25) is 0 Å². The van der Waals surface area contributed by atoms with Crippen molar-refractivity contribution in [3.05, 3.63) is 20.8 Å². The van der Waals surface area contributed by atoms with Gasteiger partial charge in [0.2, 0.25) is 5.95 Å². The maximum atomic E-state index is 12.8. The number of hydrogen-bond acceptors (Lipinski definition) is 5. The van der Waals surface area contributed by atoms with Crippen molar-refractivity contribution in [2.45, 2.75) is 39.8 Å². The first kappa shape index (κ1) is 14.6. The minimum absolute atomic E-state index is 0.0727. The summed E-state index contributed by atoms with van der Waals surface area (Å²) in [5.41, 5.74) is 1.14. The van der Waals surface area contributed by atoms with Crippen LogP contribution < -0.4 is 16.3 Å². The SMILES string of the molecule is CCCn1c(=O)c2c(nc3n2C(C)C(C)=NN3C)n(C)c1=O. The van der Waals surface area contributed by atoms with Crippen LogP contribution in [0.4, 0.5) is 5.95 Å². The van der Waals surface area contributed by atoms with Gasteiger partial charge in [0.25, 0.3) is 5.56 Å². The normalized spacial score (nSPS) is 17.8. The van der Waals surface area contributed by atoms with E-state index in [4.69, 9.17) is 0 Å². The molecule has 1 aliphatic rings. The first-order valence-corrected chi connectivity index (χ1v) is 7.39. The Morgan fingerprint density at radius 1 is 1.23 bits per heavy atom. The minimum atomic E-state index is -0.331. The summed E-state index contributed by atoms with van der Waals surface area (Å²) in [4.78, 5) is 29.7. The average molecular weight is 304 g/mol. The van der Waals surface area contributed by atoms with E-state index in [-0.39, 0.29) is 17.3 Å². The lowest BCUT2D eigenvalue weighted by Gasteiger charge is -2.26. The van der Waals surface area contributed by atoms with Gasteiger partial charge in [0, 0.05) is 20.6 Å². The van der Waals surface area contributed by atoms with E-state index in [1.807, 2.05) is 25.3 Å². The van der Waals surface area contributed by atoms with E-state index in [2.05, 4.69) is 10.1 Å². The number of hydrazone groups is 1. The van der Waals surface area contributed by atoms with Gasteiger partial charge in [-0.1, -0.05) is 6.92 Å². The number of aryl methyl sites for hydroxylation is 1. The summed E-state index contributed by atoms with van der Waals surface area (Å²) in [6.45, 7) is 6.24. The van der Waals surface area contributed by atoms with E-state index in [0.717, 1.165) is 12.1 Å². The standard InChI is InChI=1S/C14H20N6O2/c1-6-7-19-12(21)10-11(17(4)14(19)22)15-13-18(5)16-8(2)9(3)20(10)13/h9H,6-7H2,1-5H3. The summed E-state index contributed by atoms with van der Waals surface area (Å²) in [6.07, 6.45) is 0.720. The molecule has 0 radical (unpaired) electrons. The van der Waals surface area contributed by atoms with E-state index >= 15 is 0 Å². The molecule has 118 valence electrons. The maximum Gasteiger partial charge on any atom is 0.332 e. The fourth-order valence-electron chi connectivity index (χ4n) is 2.90. The van der Waals surface area contributed by atoms with Crippen molar-refractivity contribution in [2.24, 2.45) is 12.1 Å². The van der Waals surface area contributed by atoms with E-state index in [1.54, 1.807) is 19.1 Å². The summed E-state index contributed by atoms with van der Waals surface area (Å²) in [5, 5.41) is 6.05. The molecule has 0 spiro atoms. The van der Waals surface area contributed by atoms with E-state index in [0.29, 0.717) is 23.7 Å². The average Bonchev–Trinajstić information content (AvgIpc) is 2.88. The fraction of sp³-hybridized carbons (Fsp3) is 0.571. The van der Waals surface area contributed by atoms with Crippen molar-refractivity contribution in [1.82, 2.24) is 18.7 Å². The van der Waals surface area contributed by atoms with Crippen LogP contribution in [0.5, 0.6) is 0 Å². The molecular formula is C14H20N6O2. The molecule has 0 N–H and O–H groups in total. The molecule has 0 saturated carbocycles. The number of nitrogens with zero attached hydrogens (tertiary/aromatic N) is 6. The molecule has 2 aromatic rings. The predicted octanol–water partition coefficient (Wildman–Crippen LogP) is 0.693. The second kappa shape index (κ2) is 4.82. The Balaban J connectivity index is 2.47. The highest BCUT2D eigenvalue weighted by molar-refractivity contribution is 5.90. The van der Waals surface area contributed by atoms with Gasteiger partial charge in [-0.3, -0.25) is 18.5 Å². The molecule has 0 aromatic carbocycles. The second-order valence-electron chi connectivity index (χ2n) is 5.69. The second-order valence-corrected chi connectivity index (χ2v) is 5.69. The smallest absolute Gasteiger partial charge is 0.294 e. The highest BCUT2D eigenvalue weighted by atomic mass is 16.2. The van der Waals surface area contributed by atoms with Crippen LogP contribution >= 0.6 is 0 Å². The van der Waals surface area contributed by atoms with Crippen LogP contribution in [0.25, 0.3) is 11.2 Å². The molecule has 0 amide bonds. The first-order valence-electron chi connectivity index (χ1n) is 7.39. The van der Waals surface area contributed by atoms with E-state index in [9.17, 15) is 9.59 Å². The van der Waals surface area contributed by atoms with Crippen LogP contribution in [0.1, 0.15) is 33.2 Å². The molecule has 0 aliphatic carbocycles. The highest BCUT2D eigenvalue weighted by Gasteiger charge is 2.28. The fourth-order valence-corrected chi connectivity index (χ4v) is 2.90. The predicted molar refractivity (Wildman–Crippen MR) is 85.7 cm³/mol. The van der Waals surface area contributed by atoms with Gasteiger partial charge in [0.05, 0.1) is 11.8 Å². The van der Waals surface area contributed by atoms with Crippen LogP contribution in [0.15, 0.2) is 14.7 Å². The monoisotopic (exact) mass is 304 g/mol. The number of imidazole rings is 1. The largest absolute Gasteiger partial charge is 0.332 e. The third kappa shape index (κ3) is 1.76. The van der Waals surface area contributed by atoms with Gasteiger partial charge < -0.3 is 0 Å². The number of rotatable bonds is 2. The molecule has 1 unspecified atom stereocenters. The third-order valence-electron chi connectivity index (χ3n) is 4.19. The van der Waals surface area contributed by atoms with Crippen LogP contribution in [0, 0.1) is 0 Å². The van der Waals surface area contributed by atoms with Gasteiger partial charge in [-0.15, -0.1) is 0 Å². The molecule has 0 saturated heterocycles. The van der Waals surface area contributed by atoms with Gasteiger partial charge in [-0.25, -0.2) is 9.80 Å². The molecule has 3 heterocycles. The Bertz CT molecular complexity index is 901. The number of aromatic nitrogens is 4. The lowest BCUT2D eigenvalue weighted by Crippen LogP contribution is -2.40. The summed E-state index contributed by atoms with van der Waals surface area (Å²) in [6, 6.07) is -0.0727. The van der Waals surface area contributed by atoms with Gasteiger partial charge in [-0.2, -0.15) is 10.1 Å². The van der Waals surface area contributed by atoms with Crippen molar-refractivity contribution < 1.29 is 0 Å². The van der Waals surface area contributed by atoms with E-state index in [1.165, 1.54) is 9.13 Å². The minimum Gasteiger partial charge on any atom is -0.294 e. The highest BCUT2D eigenvalue weighted by Crippen LogP contribution is 2.28. The summed E-state index contributed by atoms with van der Waals surface area (Å²) >= 11 is 0. The van der Waals surface area contributed by atoms with Crippen LogP contribution in [-0.4, -0.2) is 31.4 Å². The van der Waals surface area contributed by atoms with Crippen molar-refractivity contribution in [3.8, 4) is 0 Å². The summed E-state index contributed by atoms with van der Waals surface area (Å²) in [5.74, 6) is 0.578. The zero-order valence-corrected chi connectivity index (χ0v) is 13.5. The van der Waals surface area contributed by atoms with Gasteiger partial charge >= 0.3 is 5.69 Å². The van der Waals surface area contributed by atoms with E-state index < -0.39 is 0 Å². The Morgan fingerprint density at radius 2 is 1.91 bits per heavy atom. The Morgan fingerprint density at radius 3 is 2.55 bits per heavy atom. The molecule has 0 bridgehead atoms. The lowest BCUT2D eigenvalue weighted by molar-refractivity contribution is 0.587. The van der Waals surface area contributed by atoms with Gasteiger partial charge in [-0.05, 0) is 20.3 Å². The van der Waals surface area contributed by atoms with Crippen molar-refractivity contribution in [1.29, 1.82) is 0 Å². The topological polar surface area (TPSA) is 77.4 Å². The van der Waals surface area contributed by atoms with Crippen molar-refractivity contribution >= 4 is 22.8 Å². The Labute approximate surface area is 127 Å². The third-order valence-corrected chi connectivity index (χ3v) is 4.19. The first-order chi connectivity index (χ1) is 10.4. The number of hydrogen-bond donors (Lipinski definition) is 0. The van der Waals surface area contributed by atoms with Crippen molar-refractivity contribution in [3.63, 3.8) is 0 Å². The molecule has 3 rings (SSSR count). The summed E-state index contributed by atoms with van der Waals surface area (Å²) in [7, 11) is 3.43. The molecule has 0 fully saturated rings. The number of fused-ring (bicyclic) bond motifs is 3. The Kier molecular flexibility index (Phi) is 3.19. The van der Waals surface area contributed by atoms with Gasteiger partial charge in [0.1, 0.15) is 0 Å². The number of anilines is 1. The zero-order chi connectivity index (χ0) is 16.2. The van der Waals surface area contributed by atoms with Crippen LogP contribution in [0.3, 0.4) is 0 Å². The van der Waals surface area contributed by atoms with Crippen molar-refractivity contribution in [2.75, 3.05) is 12.1 Å². The Hall–Kier alpha value is -2.38. The molecule has 2 aromatic heterocycles. The lowest BCUT2D eigenvalue weighted by atomic mass is 10.2. The quantitative estimate of drug-likeness (QED) is 0.818. The molecule has 8 heteroatoms. The van der Waals surface area contributed by atoms with Crippen LogP contribution in [-0.2, 0) is 13.6 Å². The molecule has 1 aliphatic heterocycles. The zero-order valence-electron chi connectivity index (χ0n) is 13.5. The summed E-state index contributed by atoms with van der Waals surface area (Å²) < 4.78 is 4.59. The molecule has 1 atom stereocenters. The maximum absolute atomic E-state index is 12.8.